The Hall–Kier alpha value is -0.940. The molecule has 0 unspecified atom stereocenters. The van der Waals surface area contributed by atoms with Gasteiger partial charge in [-0.25, -0.2) is 4.39 Å². The molecule has 1 aromatic rings. The Morgan fingerprint density at radius 1 is 1.73 bits per heavy atom. The number of ether oxygens (including phenoxy) is 1. The fraction of sp³-hybridized carbons (Fsp3) is 0.500. The SMILES string of the molecule is CCN(C(=O)c1sccc1F)C1COC1. The second-order valence-electron chi connectivity index (χ2n) is 3.38. The van der Waals surface area contributed by atoms with Gasteiger partial charge in [0.1, 0.15) is 10.7 Å². The number of amides is 1. The van der Waals surface area contributed by atoms with Crippen LogP contribution in [-0.2, 0) is 4.74 Å². The summed E-state index contributed by atoms with van der Waals surface area (Å²) in [7, 11) is 0. The Morgan fingerprint density at radius 2 is 2.47 bits per heavy atom. The minimum atomic E-state index is -0.427. The van der Waals surface area contributed by atoms with Crippen LogP contribution in [-0.4, -0.2) is 36.6 Å². The van der Waals surface area contributed by atoms with Crippen LogP contribution in [0.2, 0.25) is 0 Å². The zero-order valence-corrected chi connectivity index (χ0v) is 9.22. The van der Waals surface area contributed by atoms with E-state index in [-0.39, 0.29) is 16.8 Å². The minimum Gasteiger partial charge on any atom is -0.377 e. The van der Waals surface area contributed by atoms with Gasteiger partial charge in [-0.15, -0.1) is 11.3 Å². The lowest BCUT2D eigenvalue weighted by Crippen LogP contribution is -2.51. The first kappa shape index (κ1) is 10.6. The highest BCUT2D eigenvalue weighted by Crippen LogP contribution is 2.20. The van der Waals surface area contributed by atoms with Gasteiger partial charge in [0.2, 0.25) is 0 Å². The largest absolute Gasteiger partial charge is 0.377 e. The first-order valence-corrected chi connectivity index (χ1v) is 5.73. The second kappa shape index (κ2) is 4.28. The van der Waals surface area contributed by atoms with Crippen molar-refractivity contribution < 1.29 is 13.9 Å². The fourth-order valence-electron chi connectivity index (χ4n) is 1.55. The van der Waals surface area contributed by atoms with Gasteiger partial charge in [-0.05, 0) is 18.4 Å². The number of hydrogen-bond donors (Lipinski definition) is 0. The second-order valence-corrected chi connectivity index (χ2v) is 4.30. The van der Waals surface area contributed by atoms with Gasteiger partial charge in [0, 0.05) is 6.54 Å². The Balaban J connectivity index is 2.14. The summed E-state index contributed by atoms with van der Waals surface area (Å²) < 4.78 is 18.2. The smallest absolute Gasteiger partial charge is 0.267 e. The van der Waals surface area contributed by atoms with Crippen molar-refractivity contribution in [1.29, 1.82) is 0 Å². The molecule has 0 atom stereocenters. The molecule has 0 bridgehead atoms. The number of hydrogen-bond acceptors (Lipinski definition) is 3. The maximum Gasteiger partial charge on any atom is 0.267 e. The summed E-state index contributed by atoms with van der Waals surface area (Å²) in [5.41, 5.74) is 0. The van der Waals surface area contributed by atoms with Crippen molar-refractivity contribution in [1.82, 2.24) is 4.90 Å². The molecular formula is C10H12FNO2S. The van der Waals surface area contributed by atoms with Gasteiger partial charge in [-0.3, -0.25) is 4.79 Å². The van der Waals surface area contributed by atoms with E-state index in [1.807, 2.05) is 6.92 Å². The van der Waals surface area contributed by atoms with Crippen LogP contribution in [0, 0.1) is 5.82 Å². The van der Waals surface area contributed by atoms with Gasteiger partial charge in [-0.2, -0.15) is 0 Å². The zero-order chi connectivity index (χ0) is 10.8. The number of carbonyl (C=O) groups excluding carboxylic acids is 1. The molecule has 1 aliphatic rings. The molecule has 1 fully saturated rings. The predicted molar refractivity (Wildman–Crippen MR) is 55.6 cm³/mol. The van der Waals surface area contributed by atoms with Crippen LogP contribution >= 0.6 is 11.3 Å². The van der Waals surface area contributed by atoms with E-state index >= 15 is 0 Å². The van der Waals surface area contributed by atoms with Crippen LogP contribution in [0.3, 0.4) is 0 Å². The molecule has 1 aromatic heterocycles. The molecule has 0 saturated carbocycles. The van der Waals surface area contributed by atoms with Crippen LogP contribution in [0.5, 0.6) is 0 Å². The van der Waals surface area contributed by atoms with Gasteiger partial charge >= 0.3 is 0 Å². The molecule has 0 radical (unpaired) electrons. The van der Waals surface area contributed by atoms with Crippen molar-refractivity contribution in [3.05, 3.63) is 22.1 Å². The highest BCUT2D eigenvalue weighted by Gasteiger charge is 2.30. The topological polar surface area (TPSA) is 29.5 Å². The first-order chi connectivity index (χ1) is 7.24. The number of halogens is 1. The molecular weight excluding hydrogens is 217 g/mol. The number of nitrogens with zero attached hydrogens (tertiary/aromatic N) is 1. The molecule has 3 nitrogen and oxygen atoms in total. The molecule has 0 spiro atoms. The number of thiophene rings is 1. The molecule has 0 aliphatic carbocycles. The van der Waals surface area contributed by atoms with Crippen molar-refractivity contribution >= 4 is 17.2 Å². The van der Waals surface area contributed by atoms with Crippen molar-refractivity contribution in [3.8, 4) is 0 Å². The summed E-state index contributed by atoms with van der Waals surface area (Å²) in [5.74, 6) is -0.651. The summed E-state index contributed by atoms with van der Waals surface area (Å²) in [6, 6.07) is 1.44. The Morgan fingerprint density at radius 3 is 2.87 bits per heavy atom. The number of carbonyl (C=O) groups is 1. The lowest BCUT2D eigenvalue weighted by atomic mass is 10.2. The minimum absolute atomic E-state index is 0.115. The average Bonchev–Trinajstić information content (AvgIpc) is 2.56. The molecule has 5 heteroatoms. The van der Waals surface area contributed by atoms with Gasteiger partial charge < -0.3 is 9.64 Å². The maximum atomic E-state index is 13.2. The maximum absolute atomic E-state index is 13.2. The molecule has 0 N–H and O–H groups in total. The summed E-state index contributed by atoms with van der Waals surface area (Å²) in [5, 5.41) is 1.59. The average molecular weight is 229 g/mol. The summed E-state index contributed by atoms with van der Waals surface area (Å²) >= 11 is 1.15. The van der Waals surface area contributed by atoms with E-state index in [2.05, 4.69) is 0 Å². The Bertz CT molecular complexity index is 362. The summed E-state index contributed by atoms with van der Waals surface area (Å²) in [4.78, 5) is 13.8. The van der Waals surface area contributed by atoms with Gasteiger partial charge in [0.25, 0.3) is 5.91 Å². The normalized spacial score (nSPS) is 16.1. The highest BCUT2D eigenvalue weighted by atomic mass is 32.1. The van der Waals surface area contributed by atoms with Crippen LogP contribution in [0.25, 0.3) is 0 Å². The van der Waals surface area contributed by atoms with Gasteiger partial charge in [0.05, 0.1) is 19.3 Å². The van der Waals surface area contributed by atoms with Crippen molar-refractivity contribution in [2.75, 3.05) is 19.8 Å². The van der Waals surface area contributed by atoms with Crippen LogP contribution in [0.1, 0.15) is 16.6 Å². The number of likely N-dealkylation sites (N-methyl/N-ethyl adjacent to an activating group) is 1. The van der Waals surface area contributed by atoms with Crippen molar-refractivity contribution in [2.24, 2.45) is 0 Å². The van der Waals surface area contributed by atoms with Crippen LogP contribution in [0.15, 0.2) is 11.4 Å². The third-order valence-electron chi connectivity index (χ3n) is 2.47. The molecule has 0 aromatic carbocycles. The zero-order valence-electron chi connectivity index (χ0n) is 8.40. The van der Waals surface area contributed by atoms with E-state index < -0.39 is 5.82 Å². The van der Waals surface area contributed by atoms with E-state index in [0.717, 1.165) is 11.3 Å². The Kier molecular flexibility index (Phi) is 3.02. The van der Waals surface area contributed by atoms with Crippen molar-refractivity contribution in [2.45, 2.75) is 13.0 Å². The van der Waals surface area contributed by atoms with Crippen molar-refractivity contribution in [3.63, 3.8) is 0 Å². The fourth-order valence-corrected chi connectivity index (χ4v) is 2.27. The monoisotopic (exact) mass is 229 g/mol. The lowest BCUT2D eigenvalue weighted by Gasteiger charge is -2.36. The molecule has 2 heterocycles. The Labute approximate surface area is 91.5 Å². The molecule has 1 saturated heterocycles. The molecule has 1 amide bonds. The predicted octanol–water partition coefficient (Wildman–Crippen LogP) is 1.75. The summed E-state index contributed by atoms with van der Waals surface area (Å²) in [6.45, 7) is 3.60. The standard InChI is InChI=1S/C10H12FNO2S/c1-2-12(7-5-14-6-7)10(13)9-8(11)3-4-15-9/h3-4,7H,2,5-6H2,1H3. The van der Waals surface area contributed by atoms with Crippen LogP contribution < -0.4 is 0 Å². The number of rotatable bonds is 3. The third kappa shape index (κ3) is 1.89. The van der Waals surface area contributed by atoms with Gasteiger partial charge in [0.15, 0.2) is 0 Å². The van der Waals surface area contributed by atoms with E-state index in [9.17, 15) is 9.18 Å². The molecule has 15 heavy (non-hydrogen) atoms. The van der Waals surface area contributed by atoms with E-state index in [1.165, 1.54) is 6.07 Å². The third-order valence-corrected chi connectivity index (χ3v) is 3.35. The molecule has 82 valence electrons. The first-order valence-electron chi connectivity index (χ1n) is 4.85. The van der Waals surface area contributed by atoms with E-state index in [0.29, 0.717) is 19.8 Å². The quantitative estimate of drug-likeness (QED) is 0.790. The van der Waals surface area contributed by atoms with Crippen LogP contribution in [0.4, 0.5) is 4.39 Å². The highest BCUT2D eigenvalue weighted by molar-refractivity contribution is 7.12. The van der Waals surface area contributed by atoms with E-state index in [4.69, 9.17) is 4.74 Å². The van der Waals surface area contributed by atoms with Gasteiger partial charge in [-0.1, -0.05) is 0 Å². The molecule has 2 rings (SSSR count). The lowest BCUT2D eigenvalue weighted by molar-refractivity contribution is -0.0526. The molecule has 1 aliphatic heterocycles. The summed E-state index contributed by atoms with van der Waals surface area (Å²) in [6.07, 6.45) is 0. The van der Waals surface area contributed by atoms with E-state index in [1.54, 1.807) is 10.3 Å².